The highest BCUT2D eigenvalue weighted by Gasteiger charge is 2.22. The Bertz CT molecular complexity index is 3000. The minimum absolute atomic E-state index is 0.597. The molecule has 0 atom stereocenters. The molecule has 0 amide bonds. The van der Waals surface area contributed by atoms with Crippen LogP contribution in [0.4, 0.5) is 0 Å². The standard InChI is InChI=1S/C47H29N5/c48-30-31-23-25-33(26-24-31)47-49-39(32-13-3-1-4-14-32)29-40(50-47)37-18-8-11-21-42(37)52-41-20-10-7-17-35(41)36-27-28-44-45(46(36)52)38-19-9-12-22-43(38)51(44)34-15-5-2-6-16-34/h1-29H. The monoisotopic (exact) mass is 663 g/mol. The van der Waals surface area contributed by atoms with Gasteiger partial charge in [-0.15, -0.1) is 0 Å². The van der Waals surface area contributed by atoms with E-state index in [2.05, 4.69) is 149 Å². The maximum Gasteiger partial charge on any atom is 0.160 e. The molecule has 0 unspecified atom stereocenters. The molecule has 0 saturated heterocycles. The number of rotatable bonds is 5. The topological polar surface area (TPSA) is 59.4 Å². The molecule has 0 aliphatic heterocycles. The Hall–Kier alpha value is -7.29. The minimum Gasteiger partial charge on any atom is -0.309 e. The first kappa shape index (κ1) is 29.6. The number of hydrogen-bond donors (Lipinski definition) is 0. The van der Waals surface area contributed by atoms with Crippen LogP contribution in [0.1, 0.15) is 5.56 Å². The van der Waals surface area contributed by atoms with E-state index in [4.69, 9.17) is 9.97 Å². The highest BCUT2D eigenvalue weighted by atomic mass is 15.0. The van der Waals surface area contributed by atoms with Crippen LogP contribution in [0.15, 0.2) is 176 Å². The molecule has 0 bridgehead atoms. The molecule has 7 aromatic carbocycles. The van der Waals surface area contributed by atoms with Gasteiger partial charge in [0.15, 0.2) is 5.82 Å². The summed E-state index contributed by atoms with van der Waals surface area (Å²) in [5, 5.41) is 14.2. The Morgan fingerprint density at radius 1 is 0.462 bits per heavy atom. The fourth-order valence-corrected chi connectivity index (χ4v) is 7.66. The van der Waals surface area contributed by atoms with Gasteiger partial charge in [0, 0.05) is 43.9 Å². The third kappa shape index (κ3) is 4.63. The van der Waals surface area contributed by atoms with E-state index in [1.54, 1.807) is 0 Å². The molecule has 5 nitrogen and oxygen atoms in total. The van der Waals surface area contributed by atoms with Gasteiger partial charge in [-0.1, -0.05) is 109 Å². The molecule has 0 saturated carbocycles. The van der Waals surface area contributed by atoms with Crippen molar-refractivity contribution in [3.63, 3.8) is 0 Å². The molecule has 0 fully saturated rings. The maximum atomic E-state index is 9.46. The summed E-state index contributed by atoms with van der Waals surface area (Å²) in [7, 11) is 0. The van der Waals surface area contributed by atoms with E-state index in [-0.39, 0.29) is 0 Å². The molecule has 0 N–H and O–H groups in total. The SMILES string of the molecule is N#Cc1ccc(-c2nc(-c3ccccc3)cc(-c3ccccc3-n3c4ccccc4c4ccc5c(c6ccccc6n5-c5ccccc5)c43)n2)cc1. The second-order valence-electron chi connectivity index (χ2n) is 12.9. The number of para-hydroxylation sites is 4. The number of benzene rings is 7. The molecular weight excluding hydrogens is 635 g/mol. The van der Waals surface area contributed by atoms with Crippen molar-refractivity contribution in [3.05, 3.63) is 181 Å². The summed E-state index contributed by atoms with van der Waals surface area (Å²) in [6, 6.07) is 63.1. The van der Waals surface area contributed by atoms with Gasteiger partial charge in [-0.25, -0.2) is 9.97 Å². The predicted octanol–water partition coefficient (Wildman–Crippen LogP) is 11.5. The molecule has 10 rings (SSSR count). The molecule has 0 spiro atoms. The second-order valence-corrected chi connectivity index (χ2v) is 12.9. The summed E-state index contributed by atoms with van der Waals surface area (Å²) in [5.41, 5.74) is 11.8. The largest absolute Gasteiger partial charge is 0.309 e. The molecule has 3 heterocycles. The first-order valence-corrected chi connectivity index (χ1v) is 17.3. The molecule has 0 radical (unpaired) electrons. The number of nitriles is 1. The molecule has 242 valence electrons. The van der Waals surface area contributed by atoms with Crippen molar-refractivity contribution in [2.75, 3.05) is 0 Å². The normalized spacial score (nSPS) is 11.4. The molecular formula is C47H29N5. The summed E-state index contributed by atoms with van der Waals surface area (Å²) in [6.45, 7) is 0. The molecule has 5 heteroatoms. The van der Waals surface area contributed by atoms with Crippen LogP contribution in [0.5, 0.6) is 0 Å². The Kier molecular flexibility index (Phi) is 6.80. The Morgan fingerprint density at radius 2 is 1.10 bits per heavy atom. The van der Waals surface area contributed by atoms with Crippen LogP contribution >= 0.6 is 0 Å². The van der Waals surface area contributed by atoms with Gasteiger partial charge in [0.25, 0.3) is 0 Å². The van der Waals surface area contributed by atoms with Gasteiger partial charge in [0.2, 0.25) is 0 Å². The van der Waals surface area contributed by atoms with Crippen LogP contribution in [0.3, 0.4) is 0 Å². The van der Waals surface area contributed by atoms with E-state index in [0.29, 0.717) is 11.4 Å². The summed E-state index contributed by atoms with van der Waals surface area (Å²) in [6.07, 6.45) is 0. The zero-order chi connectivity index (χ0) is 34.6. The predicted molar refractivity (Wildman–Crippen MR) is 212 cm³/mol. The molecule has 10 aromatic rings. The van der Waals surface area contributed by atoms with Crippen molar-refractivity contribution in [1.29, 1.82) is 5.26 Å². The highest BCUT2D eigenvalue weighted by Crippen LogP contribution is 2.43. The van der Waals surface area contributed by atoms with Gasteiger partial charge in [-0.2, -0.15) is 5.26 Å². The molecule has 0 aliphatic carbocycles. The number of aromatic nitrogens is 4. The van der Waals surface area contributed by atoms with Crippen molar-refractivity contribution in [2.24, 2.45) is 0 Å². The Morgan fingerprint density at radius 3 is 1.87 bits per heavy atom. The fraction of sp³-hybridized carbons (Fsp3) is 0. The van der Waals surface area contributed by atoms with E-state index >= 15 is 0 Å². The van der Waals surface area contributed by atoms with Crippen molar-refractivity contribution >= 4 is 43.6 Å². The summed E-state index contributed by atoms with van der Waals surface area (Å²) in [5.74, 6) is 0.603. The van der Waals surface area contributed by atoms with Crippen molar-refractivity contribution < 1.29 is 0 Å². The molecule has 52 heavy (non-hydrogen) atoms. The van der Waals surface area contributed by atoms with Crippen molar-refractivity contribution in [2.45, 2.75) is 0 Å². The lowest BCUT2D eigenvalue weighted by Crippen LogP contribution is -2.01. The summed E-state index contributed by atoms with van der Waals surface area (Å²) in [4.78, 5) is 10.3. The minimum atomic E-state index is 0.597. The van der Waals surface area contributed by atoms with Gasteiger partial charge in [0.05, 0.1) is 50.8 Å². The smallest absolute Gasteiger partial charge is 0.160 e. The first-order chi connectivity index (χ1) is 25.8. The first-order valence-electron chi connectivity index (χ1n) is 17.3. The van der Waals surface area contributed by atoms with Crippen LogP contribution in [-0.2, 0) is 0 Å². The van der Waals surface area contributed by atoms with Crippen LogP contribution in [-0.4, -0.2) is 19.1 Å². The number of hydrogen-bond acceptors (Lipinski definition) is 3. The lowest BCUT2D eigenvalue weighted by molar-refractivity contribution is 1.15. The van der Waals surface area contributed by atoms with Gasteiger partial charge < -0.3 is 9.13 Å². The van der Waals surface area contributed by atoms with Gasteiger partial charge in [-0.3, -0.25) is 0 Å². The third-order valence-electron chi connectivity index (χ3n) is 9.97. The van der Waals surface area contributed by atoms with E-state index in [9.17, 15) is 5.26 Å². The third-order valence-corrected chi connectivity index (χ3v) is 9.97. The highest BCUT2D eigenvalue weighted by molar-refractivity contribution is 6.26. The number of fused-ring (bicyclic) bond motifs is 7. The molecule has 3 aromatic heterocycles. The zero-order valence-electron chi connectivity index (χ0n) is 28.0. The zero-order valence-corrected chi connectivity index (χ0v) is 28.0. The van der Waals surface area contributed by atoms with E-state index in [1.807, 2.05) is 42.5 Å². The lowest BCUT2D eigenvalue weighted by atomic mass is 10.0. The fourth-order valence-electron chi connectivity index (χ4n) is 7.66. The van der Waals surface area contributed by atoms with Crippen LogP contribution in [0, 0.1) is 11.3 Å². The average molecular weight is 664 g/mol. The maximum absolute atomic E-state index is 9.46. The van der Waals surface area contributed by atoms with Gasteiger partial charge in [-0.05, 0) is 66.7 Å². The van der Waals surface area contributed by atoms with E-state index in [0.717, 1.165) is 61.5 Å². The summed E-state index contributed by atoms with van der Waals surface area (Å²) < 4.78 is 4.80. The second kappa shape index (κ2) is 11.9. The van der Waals surface area contributed by atoms with Crippen molar-refractivity contribution in [3.8, 4) is 51.3 Å². The van der Waals surface area contributed by atoms with Crippen LogP contribution < -0.4 is 0 Å². The van der Waals surface area contributed by atoms with Gasteiger partial charge >= 0.3 is 0 Å². The van der Waals surface area contributed by atoms with E-state index < -0.39 is 0 Å². The van der Waals surface area contributed by atoms with E-state index in [1.165, 1.54) is 21.5 Å². The molecule has 0 aliphatic rings. The summed E-state index contributed by atoms with van der Waals surface area (Å²) >= 11 is 0. The Balaban J connectivity index is 1.30. The Labute approximate surface area is 299 Å². The van der Waals surface area contributed by atoms with Crippen LogP contribution in [0.2, 0.25) is 0 Å². The lowest BCUT2D eigenvalue weighted by Gasteiger charge is -2.16. The quantitative estimate of drug-likeness (QED) is 0.184. The number of nitrogens with zero attached hydrogens (tertiary/aromatic N) is 5. The van der Waals surface area contributed by atoms with Crippen molar-refractivity contribution in [1.82, 2.24) is 19.1 Å². The van der Waals surface area contributed by atoms with Crippen LogP contribution in [0.25, 0.3) is 88.9 Å². The van der Waals surface area contributed by atoms with Gasteiger partial charge in [0.1, 0.15) is 0 Å². The average Bonchev–Trinajstić information content (AvgIpc) is 3.74.